The second-order valence-electron chi connectivity index (χ2n) is 4.97. The van der Waals surface area contributed by atoms with Crippen molar-refractivity contribution in [3.63, 3.8) is 0 Å². The van der Waals surface area contributed by atoms with Gasteiger partial charge in [0, 0.05) is 17.7 Å². The Morgan fingerprint density at radius 1 is 1.05 bits per heavy atom. The van der Waals surface area contributed by atoms with Gasteiger partial charge in [-0.15, -0.1) is 0 Å². The molecule has 1 unspecified atom stereocenters. The Kier molecular flexibility index (Phi) is 3.20. The van der Waals surface area contributed by atoms with E-state index in [1.54, 1.807) is 0 Å². The van der Waals surface area contributed by atoms with E-state index in [1.165, 1.54) is 18.2 Å². The lowest BCUT2D eigenvalue weighted by Gasteiger charge is -2.15. The molecule has 5 heteroatoms. The highest BCUT2D eigenvalue weighted by molar-refractivity contribution is 6.04. The summed E-state index contributed by atoms with van der Waals surface area (Å²) in [5.41, 5.74) is 0.587. The van der Waals surface area contributed by atoms with Gasteiger partial charge in [0.05, 0.1) is 11.6 Å². The monoisotopic (exact) mass is 291 g/mol. The number of fused-ring (bicyclic) bond motifs is 1. The first-order chi connectivity index (χ1) is 9.97. The minimum absolute atomic E-state index is 0.282. The van der Waals surface area contributed by atoms with Crippen LogP contribution in [0.15, 0.2) is 48.5 Å². The molecule has 0 fully saturated rings. The van der Waals surface area contributed by atoms with Gasteiger partial charge >= 0.3 is 6.18 Å². The molecular formula is C16H12F3NO. The number of benzene rings is 2. The molecule has 1 aliphatic heterocycles. The predicted molar refractivity (Wildman–Crippen MR) is 73.3 cm³/mol. The minimum Gasteiger partial charge on any atom is -0.374 e. The number of halogens is 3. The molecule has 1 atom stereocenters. The molecule has 0 radical (unpaired) electrons. The Morgan fingerprint density at radius 2 is 1.71 bits per heavy atom. The molecule has 1 heterocycles. The Bertz CT molecular complexity index is 669. The van der Waals surface area contributed by atoms with E-state index in [-0.39, 0.29) is 5.56 Å². The summed E-state index contributed by atoms with van der Waals surface area (Å²) in [6, 6.07) is 11.6. The van der Waals surface area contributed by atoms with Gasteiger partial charge in [-0.05, 0) is 17.7 Å². The Balaban J connectivity index is 1.92. The summed E-state index contributed by atoms with van der Waals surface area (Å²) >= 11 is 0. The van der Waals surface area contributed by atoms with Crippen molar-refractivity contribution in [2.24, 2.45) is 0 Å². The number of carbonyl (C=O) groups excluding carboxylic acids is 1. The number of para-hydroxylation sites is 1. The van der Waals surface area contributed by atoms with Crippen LogP contribution in [0.1, 0.15) is 21.5 Å². The molecule has 21 heavy (non-hydrogen) atoms. The van der Waals surface area contributed by atoms with E-state index in [0.29, 0.717) is 6.42 Å². The molecular weight excluding hydrogens is 279 g/mol. The summed E-state index contributed by atoms with van der Waals surface area (Å²) in [7, 11) is 0. The summed E-state index contributed by atoms with van der Waals surface area (Å²) < 4.78 is 39.0. The molecule has 1 N–H and O–H groups in total. The van der Waals surface area contributed by atoms with Gasteiger partial charge in [0.25, 0.3) is 0 Å². The smallest absolute Gasteiger partial charge is 0.374 e. The summed E-state index contributed by atoms with van der Waals surface area (Å²) in [4.78, 5) is 12.4. The van der Waals surface area contributed by atoms with Gasteiger partial charge in [-0.3, -0.25) is 4.79 Å². The van der Waals surface area contributed by atoms with Crippen molar-refractivity contribution in [1.82, 2.24) is 0 Å². The van der Waals surface area contributed by atoms with Gasteiger partial charge in [0.2, 0.25) is 0 Å². The van der Waals surface area contributed by atoms with Crippen molar-refractivity contribution in [3.8, 4) is 0 Å². The number of hydrogen-bond donors (Lipinski definition) is 1. The van der Waals surface area contributed by atoms with E-state index in [2.05, 4.69) is 5.32 Å². The lowest BCUT2D eigenvalue weighted by molar-refractivity contribution is -0.137. The third-order valence-electron chi connectivity index (χ3n) is 3.59. The molecule has 108 valence electrons. The topological polar surface area (TPSA) is 29.1 Å². The number of ketones is 1. The average Bonchev–Trinajstić information content (AvgIpc) is 2.89. The number of rotatable bonds is 2. The maximum atomic E-state index is 13.0. The SMILES string of the molecule is O=C(c1ccccc1C(F)(F)F)C1Cc2ccccc2N1. The third-order valence-corrected chi connectivity index (χ3v) is 3.59. The second kappa shape index (κ2) is 4.91. The molecule has 0 spiro atoms. The van der Waals surface area contributed by atoms with E-state index in [9.17, 15) is 18.0 Å². The van der Waals surface area contributed by atoms with Crippen LogP contribution in [0, 0.1) is 0 Å². The number of carbonyl (C=O) groups is 1. The first-order valence-corrected chi connectivity index (χ1v) is 6.51. The first kappa shape index (κ1) is 13.7. The Hall–Kier alpha value is -2.30. The molecule has 0 saturated heterocycles. The molecule has 2 nitrogen and oxygen atoms in total. The van der Waals surface area contributed by atoms with Crippen molar-refractivity contribution < 1.29 is 18.0 Å². The van der Waals surface area contributed by atoms with Crippen LogP contribution in [-0.2, 0) is 12.6 Å². The van der Waals surface area contributed by atoms with E-state index in [4.69, 9.17) is 0 Å². The van der Waals surface area contributed by atoms with Crippen molar-refractivity contribution >= 4 is 11.5 Å². The van der Waals surface area contributed by atoms with Crippen molar-refractivity contribution in [2.45, 2.75) is 18.6 Å². The van der Waals surface area contributed by atoms with E-state index in [1.807, 2.05) is 24.3 Å². The first-order valence-electron chi connectivity index (χ1n) is 6.51. The van der Waals surface area contributed by atoms with Crippen LogP contribution in [0.2, 0.25) is 0 Å². The lowest BCUT2D eigenvalue weighted by Crippen LogP contribution is -2.29. The molecule has 0 bridgehead atoms. The third kappa shape index (κ3) is 2.51. The van der Waals surface area contributed by atoms with Crippen molar-refractivity contribution in [2.75, 3.05) is 5.32 Å². The standard InChI is InChI=1S/C16H12F3NO/c17-16(18,19)12-7-3-2-6-11(12)15(21)14-9-10-5-1-4-8-13(10)20-14/h1-8,14,20H,9H2. The molecule has 0 amide bonds. The number of alkyl halides is 3. The zero-order chi connectivity index (χ0) is 15.0. The molecule has 1 aliphatic rings. The van der Waals surface area contributed by atoms with E-state index >= 15 is 0 Å². The zero-order valence-corrected chi connectivity index (χ0v) is 10.9. The van der Waals surface area contributed by atoms with E-state index < -0.39 is 23.6 Å². The molecule has 0 saturated carbocycles. The van der Waals surface area contributed by atoms with Crippen molar-refractivity contribution in [3.05, 3.63) is 65.2 Å². The fourth-order valence-corrected chi connectivity index (χ4v) is 2.59. The summed E-state index contributed by atoms with van der Waals surface area (Å²) in [6.07, 6.45) is -4.13. The second-order valence-corrected chi connectivity index (χ2v) is 4.97. The normalized spacial score (nSPS) is 17.2. The van der Waals surface area contributed by atoms with Gasteiger partial charge in [-0.2, -0.15) is 13.2 Å². The summed E-state index contributed by atoms with van der Waals surface area (Å²) in [5, 5.41) is 2.99. The van der Waals surface area contributed by atoms with Crippen LogP contribution in [0.25, 0.3) is 0 Å². The molecule has 0 aliphatic carbocycles. The lowest BCUT2D eigenvalue weighted by atomic mass is 9.96. The van der Waals surface area contributed by atoms with Crippen LogP contribution in [0.4, 0.5) is 18.9 Å². The highest BCUT2D eigenvalue weighted by Gasteiger charge is 2.37. The van der Waals surface area contributed by atoms with Crippen LogP contribution in [0.5, 0.6) is 0 Å². The summed E-state index contributed by atoms with van der Waals surface area (Å²) in [5.74, 6) is -0.529. The highest BCUT2D eigenvalue weighted by Crippen LogP contribution is 2.34. The maximum absolute atomic E-state index is 13.0. The van der Waals surface area contributed by atoms with Crippen molar-refractivity contribution in [1.29, 1.82) is 0 Å². The highest BCUT2D eigenvalue weighted by atomic mass is 19.4. The number of Topliss-reactive ketones (excluding diaryl/α,β-unsaturated/α-hetero) is 1. The van der Waals surface area contributed by atoms with Gasteiger partial charge in [0.15, 0.2) is 5.78 Å². The zero-order valence-electron chi connectivity index (χ0n) is 10.9. The molecule has 0 aromatic heterocycles. The van der Waals surface area contributed by atoms with Gasteiger partial charge in [0.1, 0.15) is 0 Å². The van der Waals surface area contributed by atoms with E-state index in [0.717, 1.165) is 17.3 Å². The minimum atomic E-state index is -4.53. The van der Waals surface area contributed by atoms with Crippen LogP contribution in [0.3, 0.4) is 0 Å². The van der Waals surface area contributed by atoms with Crippen LogP contribution in [-0.4, -0.2) is 11.8 Å². The molecule has 3 rings (SSSR count). The van der Waals surface area contributed by atoms with Gasteiger partial charge < -0.3 is 5.32 Å². The number of nitrogens with one attached hydrogen (secondary N) is 1. The largest absolute Gasteiger partial charge is 0.417 e. The van der Waals surface area contributed by atoms with Crippen LogP contribution >= 0.6 is 0 Å². The average molecular weight is 291 g/mol. The fourth-order valence-electron chi connectivity index (χ4n) is 2.59. The predicted octanol–water partition coefficient (Wildman–Crippen LogP) is 3.92. The Morgan fingerprint density at radius 3 is 2.43 bits per heavy atom. The summed E-state index contributed by atoms with van der Waals surface area (Å²) in [6.45, 7) is 0. The number of hydrogen-bond acceptors (Lipinski definition) is 2. The molecule has 2 aromatic rings. The number of anilines is 1. The molecule has 2 aromatic carbocycles. The van der Waals surface area contributed by atoms with Crippen LogP contribution < -0.4 is 5.32 Å². The van der Waals surface area contributed by atoms with Gasteiger partial charge in [-0.1, -0.05) is 36.4 Å². The quantitative estimate of drug-likeness (QED) is 0.850. The Labute approximate surface area is 119 Å². The van der Waals surface area contributed by atoms with Gasteiger partial charge in [-0.25, -0.2) is 0 Å². The maximum Gasteiger partial charge on any atom is 0.417 e. The fraction of sp³-hybridized carbons (Fsp3) is 0.188.